The van der Waals surface area contributed by atoms with Crippen molar-refractivity contribution in [2.45, 2.75) is 50.7 Å². The first-order chi connectivity index (χ1) is 27.9. The molecule has 6 rings (SSSR count). The molecule has 0 atom stereocenters. The first-order valence-corrected chi connectivity index (χ1v) is 20.7. The number of nitrogens with one attached hydrogen (secondary N) is 2. The molecule has 2 amide bonds. The molecule has 9 nitrogen and oxygen atoms in total. The molecule has 2 aliphatic heterocycles. The highest BCUT2D eigenvalue weighted by Gasteiger charge is 2.22. The van der Waals surface area contributed by atoms with Crippen LogP contribution < -0.4 is 24.8 Å². The monoisotopic (exact) mass is 878 g/mol. The highest BCUT2D eigenvalue weighted by molar-refractivity contribution is 6.42. The van der Waals surface area contributed by atoms with Crippen LogP contribution in [0, 0.1) is 11.6 Å². The summed E-state index contributed by atoms with van der Waals surface area (Å²) in [6.45, 7) is 6.32. The number of carbonyl (C=O) groups is 2. The zero-order chi connectivity index (χ0) is 41.4. The molecule has 0 unspecified atom stereocenters. The van der Waals surface area contributed by atoms with E-state index in [9.17, 15) is 18.4 Å². The van der Waals surface area contributed by atoms with E-state index in [1.165, 1.54) is 6.07 Å². The second kappa shape index (κ2) is 23.1. The van der Waals surface area contributed by atoms with Crippen molar-refractivity contribution in [1.29, 1.82) is 0 Å². The molecule has 2 aliphatic rings. The predicted molar refractivity (Wildman–Crippen MR) is 226 cm³/mol. The first kappa shape index (κ1) is 45.2. The maximum Gasteiger partial charge on any atom is 0.224 e. The third-order valence-corrected chi connectivity index (χ3v) is 11.3. The van der Waals surface area contributed by atoms with Gasteiger partial charge in [0.2, 0.25) is 11.8 Å². The number of carbonyl (C=O) groups excluding carboxylic acids is 2. The van der Waals surface area contributed by atoms with Gasteiger partial charge < -0.3 is 34.6 Å². The molecule has 4 aromatic rings. The molecule has 0 radical (unpaired) electrons. The molecule has 4 aromatic carbocycles. The molecular formula is C43H48Cl4F2N4O5. The number of ether oxygens (including phenoxy) is 3. The van der Waals surface area contributed by atoms with Crippen LogP contribution in [0.3, 0.4) is 0 Å². The summed E-state index contributed by atoms with van der Waals surface area (Å²) in [6.07, 6.45) is 4.31. The van der Waals surface area contributed by atoms with Crippen molar-refractivity contribution in [2.24, 2.45) is 0 Å². The summed E-state index contributed by atoms with van der Waals surface area (Å²) in [7, 11) is 1.62. The van der Waals surface area contributed by atoms with Crippen LogP contribution in [-0.4, -0.2) is 93.3 Å². The minimum atomic E-state index is -0.943. The quantitative estimate of drug-likeness (QED) is 0.124. The summed E-state index contributed by atoms with van der Waals surface area (Å²) in [4.78, 5) is 28.7. The third-order valence-electron chi connectivity index (χ3n) is 9.80. The molecule has 0 bridgehead atoms. The number of nitrogens with zero attached hydrogens (tertiary/aromatic N) is 2. The van der Waals surface area contributed by atoms with Crippen molar-refractivity contribution in [3.8, 4) is 17.2 Å². The second-order valence-electron chi connectivity index (χ2n) is 14.1. The SMILES string of the molecule is COc1cccc(CC(=O)NCCN2CCC(Oc3ccc(Cl)c(Cl)c3)CC2)c1.O=C(Cc1ccc(F)c(F)c1)NCCN1CCC(Oc2ccc(Cl)c(Cl)c2)CC1. The number of halogens is 6. The molecule has 312 valence electrons. The van der Waals surface area contributed by atoms with Gasteiger partial charge >= 0.3 is 0 Å². The minimum Gasteiger partial charge on any atom is -0.497 e. The molecule has 0 spiro atoms. The molecule has 2 saturated heterocycles. The normalized spacial score (nSPS) is 15.2. The fourth-order valence-corrected chi connectivity index (χ4v) is 7.20. The lowest BCUT2D eigenvalue weighted by molar-refractivity contribution is -0.121. The Morgan fingerprint density at radius 1 is 0.603 bits per heavy atom. The minimum absolute atomic E-state index is 0.0242. The Balaban J connectivity index is 0.000000221. The Morgan fingerprint density at radius 3 is 1.53 bits per heavy atom. The molecule has 2 N–H and O–H groups in total. The Morgan fingerprint density at radius 2 is 1.09 bits per heavy atom. The van der Waals surface area contributed by atoms with E-state index in [1.54, 1.807) is 31.4 Å². The van der Waals surface area contributed by atoms with E-state index in [-0.39, 0.29) is 30.4 Å². The number of amides is 2. The molecule has 0 saturated carbocycles. The van der Waals surface area contributed by atoms with Crippen molar-refractivity contribution in [1.82, 2.24) is 20.4 Å². The summed E-state index contributed by atoms with van der Waals surface area (Å²) >= 11 is 23.9. The van der Waals surface area contributed by atoms with Gasteiger partial charge in [0.05, 0.1) is 40.0 Å². The number of hydrogen-bond donors (Lipinski definition) is 2. The molecular weight excluding hydrogens is 832 g/mol. The largest absolute Gasteiger partial charge is 0.497 e. The van der Waals surface area contributed by atoms with Crippen molar-refractivity contribution >= 4 is 58.2 Å². The van der Waals surface area contributed by atoms with Gasteiger partial charge in [-0.1, -0.05) is 64.6 Å². The van der Waals surface area contributed by atoms with E-state index in [0.717, 1.165) is 94.1 Å². The Labute approximate surface area is 358 Å². The summed E-state index contributed by atoms with van der Waals surface area (Å²) in [5.41, 5.74) is 1.39. The van der Waals surface area contributed by atoms with E-state index in [1.807, 2.05) is 36.4 Å². The molecule has 2 heterocycles. The van der Waals surface area contributed by atoms with E-state index < -0.39 is 11.6 Å². The van der Waals surface area contributed by atoms with Gasteiger partial charge in [0.1, 0.15) is 29.5 Å². The number of hydrogen-bond acceptors (Lipinski definition) is 7. The van der Waals surface area contributed by atoms with Crippen molar-refractivity contribution in [2.75, 3.05) is 59.5 Å². The maximum atomic E-state index is 13.2. The fraction of sp³-hybridized carbons (Fsp3) is 0.395. The van der Waals surface area contributed by atoms with Crippen LogP contribution in [0.5, 0.6) is 17.2 Å². The van der Waals surface area contributed by atoms with Gasteiger partial charge in [-0.25, -0.2) is 8.78 Å². The van der Waals surface area contributed by atoms with Crippen LogP contribution in [0.15, 0.2) is 78.9 Å². The van der Waals surface area contributed by atoms with Crippen LogP contribution in [0.1, 0.15) is 36.8 Å². The highest BCUT2D eigenvalue weighted by Crippen LogP contribution is 2.29. The molecule has 58 heavy (non-hydrogen) atoms. The average molecular weight is 881 g/mol. The van der Waals surface area contributed by atoms with E-state index in [4.69, 9.17) is 60.6 Å². The summed E-state index contributed by atoms with van der Waals surface area (Å²) < 4.78 is 43.3. The van der Waals surface area contributed by atoms with Gasteiger partial charge in [-0.2, -0.15) is 0 Å². The van der Waals surface area contributed by atoms with E-state index in [0.29, 0.717) is 50.9 Å². The standard InChI is InChI=1S/C22H26Cl2N2O3.C21H22Cl2F2N2O2/c1-28-18-4-2-3-16(13-18)14-22(27)25-9-12-26-10-7-17(8-11-26)29-19-5-6-20(23)21(24)15-19;22-17-3-2-16(13-18(17)23)29-15-5-8-27(9-6-15)10-7-26-21(28)12-14-1-4-19(24)20(25)11-14/h2-6,13,15,17H,7-12,14H2,1H3,(H,25,27);1-4,11,13,15H,5-10,12H2,(H,26,28). The summed E-state index contributed by atoms with van der Waals surface area (Å²) in [5.74, 6) is 0.179. The predicted octanol–water partition coefficient (Wildman–Crippen LogP) is 8.68. The highest BCUT2D eigenvalue weighted by atomic mass is 35.5. The van der Waals surface area contributed by atoms with Gasteiger partial charge in [-0.15, -0.1) is 0 Å². The van der Waals surface area contributed by atoms with Crippen molar-refractivity contribution < 1.29 is 32.6 Å². The van der Waals surface area contributed by atoms with Crippen molar-refractivity contribution in [3.63, 3.8) is 0 Å². The lowest BCUT2D eigenvalue weighted by Gasteiger charge is -2.32. The summed E-state index contributed by atoms with van der Waals surface area (Å²) in [6, 6.07) is 21.7. The molecule has 0 aliphatic carbocycles. The first-order valence-electron chi connectivity index (χ1n) is 19.2. The third kappa shape index (κ3) is 15.1. The van der Waals surface area contributed by atoms with E-state index >= 15 is 0 Å². The average Bonchev–Trinajstić information content (AvgIpc) is 3.21. The number of methoxy groups -OCH3 is 1. The smallest absolute Gasteiger partial charge is 0.224 e. The fourth-order valence-electron chi connectivity index (χ4n) is 6.62. The zero-order valence-corrected chi connectivity index (χ0v) is 35.3. The Kier molecular flexibility index (Phi) is 18.0. The van der Waals surface area contributed by atoms with Gasteiger partial charge in [-0.05, 0) is 85.3 Å². The van der Waals surface area contributed by atoms with Crippen LogP contribution >= 0.6 is 46.4 Å². The van der Waals surface area contributed by atoms with Gasteiger partial charge in [0, 0.05) is 64.5 Å². The van der Waals surface area contributed by atoms with Crippen LogP contribution in [-0.2, 0) is 22.4 Å². The lowest BCUT2D eigenvalue weighted by atomic mass is 10.1. The van der Waals surface area contributed by atoms with Gasteiger partial charge in [0.25, 0.3) is 0 Å². The van der Waals surface area contributed by atoms with Gasteiger partial charge in [0.15, 0.2) is 11.6 Å². The summed E-state index contributed by atoms with van der Waals surface area (Å²) in [5, 5.41) is 7.83. The Bertz CT molecular complexity index is 1960. The molecule has 0 aromatic heterocycles. The van der Waals surface area contributed by atoms with Crippen LogP contribution in [0.2, 0.25) is 20.1 Å². The number of piperidine rings is 2. The van der Waals surface area contributed by atoms with Gasteiger partial charge in [-0.3, -0.25) is 9.59 Å². The molecule has 15 heteroatoms. The molecule has 2 fully saturated rings. The second-order valence-corrected chi connectivity index (χ2v) is 15.8. The van der Waals surface area contributed by atoms with E-state index in [2.05, 4.69) is 20.4 Å². The zero-order valence-electron chi connectivity index (χ0n) is 32.3. The van der Waals surface area contributed by atoms with Crippen molar-refractivity contribution in [3.05, 3.63) is 122 Å². The lowest BCUT2D eigenvalue weighted by Crippen LogP contribution is -2.42. The number of likely N-dealkylation sites (tertiary alicyclic amines) is 2. The maximum absolute atomic E-state index is 13.2. The number of benzene rings is 4. The van der Waals surface area contributed by atoms with Crippen LogP contribution in [0.25, 0.3) is 0 Å². The number of rotatable bonds is 15. The Hall–Kier alpha value is -3.84. The topological polar surface area (TPSA) is 92.4 Å². The van der Waals surface area contributed by atoms with Crippen LogP contribution in [0.4, 0.5) is 8.78 Å².